The molecule has 0 spiro atoms. The summed E-state index contributed by atoms with van der Waals surface area (Å²) in [6.07, 6.45) is 0. The molecule has 0 saturated carbocycles. The van der Waals surface area contributed by atoms with E-state index in [4.69, 9.17) is 19.4 Å². The van der Waals surface area contributed by atoms with Gasteiger partial charge in [0.2, 0.25) is 0 Å². The molecule has 4 heteroatoms. The van der Waals surface area contributed by atoms with Crippen molar-refractivity contribution < 1.29 is 4.42 Å². The SMILES string of the molecule is c1ccc(-c2ccc(-c3nc(-c4ccc5ccccc5c4)nc(-c4cc(-c5ccc6ccccc6c5)cc5oc6cc7ccccc7cc6c45)n3)cc2)cc1. The normalized spacial score (nSPS) is 11.6. The minimum Gasteiger partial charge on any atom is -0.456 e. The standard InChI is InChI=1S/C51H31N3O/c1-2-10-32(11-3-1)35-18-22-36(23-19-35)49-52-50(42-25-21-34-13-5-7-15-38(34)27-42)54-51(53-49)45-29-43(41-24-20-33-12-4-6-14-37(33)26-41)31-47-48(45)44-28-39-16-8-9-17-40(39)30-46(44)55-47/h1-31H. The van der Waals surface area contributed by atoms with E-state index in [1.54, 1.807) is 0 Å². The highest BCUT2D eigenvalue weighted by Crippen LogP contribution is 2.42. The molecule has 0 unspecified atom stereocenters. The van der Waals surface area contributed by atoms with Crippen molar-refractivity contribution in [2.45, 2.75) is 0 Å². The van der Waals surface area contributed by atoms with Crippen LogP contribution in [0.2, 0.25) is 0 Å². The van der Waals surface area contributed by atoms with Gasteiger partial charge in [0.1, 0.15) is 11.2 Å². The van der Waals surface area contributed by atoms with Crippen molar-refractivity contribution in [2.75, 3.05) is 0 Å². The topological polar surface area (TPSA) is 51.8 Å². The van der Waals surface area contributed by atoms with Gasteiger partial charge in [-0.3, -0.25) is 0 Å². The number of hydrogen-bond donors (Lipinski definition) is 0. The third kappa shape index (κ3) is 5.51. The van der Waals surface area contributed by atoms with Gasteiger partial charge in [-0.05, 0) is 91.0 Å². The van der Waals surface area contributed by atoms with Crippen LogP contribution in [0.25, 0.3) is 111 Å². The van der Waals surface area contributed by atoms with Gasteiger partial charge >= 0.3 is 0 Å². The monoisotopic (exact) mass is 701 g/mol. The summed E-state index contributed by atoms with van der Waals surface area (Å²) in [6, 6.07) is 65.9. The summed E-state index contributed by atoms with van der Waals surface area (Å²) in [7, 11) is 0. The molecule has 0 N–H and O–H groups in total. The lowest BCUT2D eigenvalue weighted by molar-refractivity contribution is 0.669. The molecule has 256 valence electrons. The first-order valence-electron chi connectivity index (χ1n) is 18.5. The second-order valence-electron chi connectivity index (χ2n) is 14.1. The molecule has 0 radical (unpaired) electrons. The average Bonchev–Trinajstić information content (AvgIpc) is 3.62. The van der Waals surface area contributed by atoms with Crippen LogP contribution >= 0.6 is 0 Å². The van der Waals surface area contributed by atoms with E-state index in [-0.39, 0.29) is 0 Å². The van der Waals surface area contributed by atoms with Gasteiger partial charge in [-0.15, -0.1) is 0 Å². The summed E-state index contributed by atoms with van der Waals surface area (Å²) in [5.74, 6) is 1.81. The Balaban J connectivity index is 1.18. The van der Waals surface area contributed by atoms with Crippen LogP contribution in [0.3, 0.4) is 0 Å². The van der Waals surface area contributed by atoms with Crippen molar-refractivity contribution >= 4 is 54.3 Å². The van der Waals surface area contributed by atoms with Crippen molar-refractivity contribution in [3.63, 3.8) is 0 Å². The van der Waals surface area contributed by atoms with Crippen molar-refractivity contribution in [3.8, 4) is 56.4 Å². The average molecular weight is 702 g/mol. The number of nitrogens with zero attached hydrogens (tertiary/aromatic N) is 3. The largest absolute Gasteiger partial charge is 0.456 e. The number of rotatable bonds is 5. The molecule has 55 heavy (non-hydrogen) atoms. The lowest BCUT2D eigenvalue weighted by Gasteiger charge is -2.12. The second-order valence-corrected chi connectivity index (χ2v) is 14.1. The fourth-order valence-electron chi connectivity index (χ4n) is 7.83. The minimum atomic E-state index is 0.587. The molecule has 4 nitrogen and oxygen atoms in total. The molecule has 0 aliphatic rings. The maximum atomic E-state index is 6.73. The van der Waals surface area contributed by atoms with E-state index in [1.807, 2.05) is 6.07 Å². The summed E-state index contributed by atoms with van der Waals surface area (Å²) < 4.78 is 6.73. The Morgan fingerprint density at radius 1 is 0.291 bits per heavy atom. The summed E-state index contributed by atoms with van der Waals surface area (Å²) >= 11 is 0. The number of benzene rings is 9. The van der Waals surface area contributed by atoms with Gasteiger partial charge in [-0.25, -0.2) is 15.0 Å². The number of hydrogen-bond acceptors (Lipinski definition) is 4. The summed E-state index contributed by atoms with van der Waals surface area (Å²) in [5, 5.41) is 8.95. The molecule has 0 amide bonds. The molecule has 2 heterocycles. The fourth-order valence-corrected chi connectivity index (χ4v) is 7.83. The lowest BCUT2D eigenvalue weighted by Crippen LogP contribution is -2.01. The first-order valence-corrected chi connectivity index (χ1v) is 18.5. The molecule has 0 atom stereocenters. The Hall–Kier alpha value is -7.43. The van der Waals surface area contributed by atoms with Crippen LogP contribution in [0.5, 0.6) is 0 Å². The predicted octanol–water partition coefficient (Wildman–Crippen LogP) is 13.6. The molecule has 0 aliphatic carbocycles. The zero-order chi connectivity index (χ0) is 36.3. The highest BCUT2D eigenvalue weighted by molar-refractivity contribution is 6.16. The van der Waals surface area contributed by atoms with Crippen LogP contribution in [-0.2, 0) is 0 Å². The smallest absolute Gasteiger partial charge is 0.164 e. The Labute approximate surface area is 317 Å². The Bertz CT molecular complexity index is 3260. The van der Waals surface area contributed by atoms with Gasteiger partial charge in [0.05, 0.1) is 0 Å². The van der Waals surface area contributed by atoms with Crippen molar-refractivity contribution in [1.29, 1.82) is 0 Å². The highest BCUT2D eigenvalue weighted by atomic mass is 16.3. The van der Waals surface area contributed by atoms with E-state index in [1.165, 1.54) is 16.2 Å². The molecular formula is C51H31N3O. The van der Waals surface area contributed by atoms with Gasteiger partial charge in [-0.2, -0.15) is 0 Å². The molecule has 0 aliphatic heterocycles. The molecule has 0 fully saturated rings. The quantitative estimate of drug-likeness (QED) is 0.179. The van der Waals surface area contributed by atoms with Gasteiger partial charge in [0.25, 0.3) is 0 Å². The first-order chi connectivity index (χ1) is 27.2. The molecule has 2 aromatic heterocycles. The summed E-state index contributed by atoms with van der Waals surface area (Å²) in [6.45, 7) is 0. The van der Waals surface area contributed by atoms with Crippen LogP contribution in [0.1, 0.15) is 0 Å². The number of furan rings is 1. The molecule has 9 aromatic carbocycles. The van der Waals surface area contributed by atoms with Gasteiger partial charge < -0.3 is 4.42 Å². The zero-order valence-corrected chi connectivity index (χ0v) is 29.6. The minimum absolute atomic E-state index is 0.587. The van der Waals surface area contributed by atoms with E-state index in [2.05, 4.69) is 182 Å². The molecule has 0 bridgehead atoms. The number of fused-ring (bicyclic) bond motifs is 6. The second kappa shape index (κ2) is 12.6. The molecular weight excluding hydrogens is 671 g/mol. The Morgan fingerprint density at radius 3 is 1.47 bits per heavy atom. The highest BCUT2D eigenvalue weighted by Gasteiger charge is 2.21. The van der Waals surface area contributed by atoms with Crippen LogP contribution in [0, 0.1) is 0 Å². The number of aromatic nitrogens is 3. The van der Waals surface area contributed by atoms with Crippen LogP contribution < -0.4 is 0 Å². The van der Waals surface area contributed by atoms with E-state index < -0.39 is 0 Å². The maximum absolute atomic E-state index is 6.73. The predicted molar refractivity (Wildman–Crippen MR) is 227 cm³/mol. The third-order valence-electron chi connectivity index (χ3n) is 10.7. The van der Waals surface area contributed by atoms with Gasteiger partial charge in [0.15, 0.2) is 17.5 Å². The summed E-state index contributed by atoms with van der Waals surface area (Å²) in [5.41, 5.74) is 8.75. The third-order valence-corrected chi connectivity index (χ3v) is 10.7. The molecule has 11 rings (SSSR count). The van der Waals surface area contributed by atoms with Gasteiger partial charge in [0, 0.05) is 27.5 Å². The lowest BCUT2D eigenvalue weighted by atomic mass is 9.96. The van der Waals surface area contributed by atoms with Crippen molar-refractivity contribution in [2.24, 2.45) is 0 Å². The Kier molecular flexibility index (Phi) is 7.14. The Morgan fingerprint density at radius 2 is 0.782 bits per heavy atom. The van der Waals surface area contributed by atoms with E-state index in [9.17, 15) is 0 Å². The van der Waals surface area contributed by atoms with E-state index >= 15 is 0 Å². The summed E-state index contributed by atoms with van der Waals surface area (Å²) in [4.78, 5) is 15.7. The fraction of sp³-hybridized carbons (Fsp3) is 0. The van der Waals surface area contributed by atoms with Crippen LogP contribution in [-0.4, -0.2) is 15.0 Å². The van der Waals surface area contributed by atoms with Crippen molar-refractivity contribution in [1.82, 2.24) is 15.0 Å². The van der Waals surface area contributed by atoms with Crippen LogP contribution in [0.4, 0.5) is 0 Å². The molecule has 0 saturated heterocycles. The maximum Gasteiger partial charge on any atom is 0.164 e. The van der Waals surface area contributed by atoms with Gasteiger partial charge in [-0.1, -0.05) is 152 Å². The van der Waals surface area contributed by atoms with Crippen LogP contribution in [0.15, 0.2) is 192 Å². The first kappa shape index (κ1) is 31.1. The van der Waals surface area contributed by atoms with Crippen molar-refractivity contribution in [3.05, 3.63) is 188 Å². The molecule has 11 aromatic rings. The van der Waals surface area contributed by atoms with E-state index in [0.29, 0.717) is 17.5 Å². The van der Waals surface area contributed by atoms with E-state index in [0.717, 1.165) is 77.0 Å². The zero-order valence-electron chi connectivity index (χ0n) is 29.6.